The number of nitrogens with one attached hydrogen (secondary N) is 1. The molecule has 0 bridgehead atoms. The maximum absolute atomic E-state index is 11.9. The first-order valence-corrected chi connectivity index (χ1v) is 6.86. The van der Waals surface area contributed by atoms with Crippen molar-refractivity contribution in [2.75, 3.05) is 25.5 Å². The highest BCUT2D eigenvalue weighted by molar-refractivity contribution is 6.33. The van der Waals surface area contributed by atoms with E-state index < -0.39 is 12.1 Å². The molecule has 0 aliphatic carbocycles. The molecule has 3 N–H and O–H groups in total. The first kappa shape index (κ1) is 17.4. The second kappa shape index (κ2) is 7.97. The number of carbonyl (C=O) groups is 2. The molecule has 21 heavy (non-hydrogen) atoms. The zero-order valence-corrected chi connectivity index (χ0v) is 12.7. The number of carbonyl (C=O) groups excluding carboxylic acids is 1. The Morgan fingerprint density at radius 3 is 2.67 bits per heavy atom. The average molecular weight is 315 g/mol. The number of carboxylic acids is 1. The Morgan fingerprint density at radius 2 is 2.10 bits per heavy atom. The average Bonchev–Trinajstić information content (AvgIpc) is 2.38. The van der Waals surface area contributed by atoms with Crippen LogP contribution in [0.4, 0.5) is 5.69 Å². The standard InChI is InChI=1S/C14H19ClN2O4/c1-9(18)5-6-17(2)8-13(19)16-12-7-10(14(20)21)3-4-11(12)15/h3-4,7,9,18H,5-6,8H2,1-2H3,(H,16,19)(H,20,21). The van der Waals surface area contributed by atoms with Crippen LogP contribution in [0.3, 0.4) is 0 Å². The molecule has 1 unspecified atom stereocenters. The summed E-state index contributed by atoms with van der Waals surface area (Å²) in [5.74, 6) is -1.39. The zero-order valence-electron chi connectivity index (χ0n) is 12.0. The molecule has 1 amide bonds. The van der Waals surface area contributed by atoms with Crippen LogP contribution in [0.1, 0.15) is 23.7 Å². The summed E-state index contributed by atoms with van der Waals surface area (Å²) in [6.45, 7) is 2.39. The summed E-state index contributed by atoms with van der Waals surface area (Å²) in [4.78, 5) is 24.5. The Balaban J connectivity index is 2.62. The summed E-state index contributed by atoms with van der Waals surface area (Å²) in [6, 6.07) is 4.12. The third-order valence-electron chi connectivity index (χ3n) is 2.83. The van der Waals surface area contributed by atoms with Gasteiger partial charge in [0.1, 0.15) is 0 Å². The number of carboxylic acid groups (broad SMARTS) is 1. The number of benzene rings is 1. The summed E-state index contributed by atoms with van der Waals surface area (Å²) in [7, 11) is 1.76. The fourth-order valence-electron chi connectivity index (χ4n) is 1.68. The molecule has 0 fully saturated rings. The normalized spacial score (nSPS) is 12.2. The number of nitrogens with zero attached hydrogens (tertiary/aromatic N) is 1. The lowest BCUT2D eigenvalue weighted by atomic mass is 10.2. The van der Waals surface area contributed by atoms with Crippen LogP contribution in [0.2, 0.25) is 5.02 Å². The Labute approximate surface area is 128 Å². The monoisotopic (exact) mass is 314 g/mol. The number of rotatable bonds is 7. The Bertz CT molecular complexity index is 520. The number of aromatic carboxylic acids is 1. The van der Waals surface area contributed by atoms with Crippen LogP contribution in [-0.2, 0) is 4.79 Å². The highest BCUT2D eigenvalue weighted by Gasteiger charge is 2.12. The molecule has 1 aromatic rings. The number of hydrogen-bond acceptors (Lipinski definition) is 4. The van der Waals surface area contributed by atoms with Crippen LogP contribution in [0.15, 0.2) is 18.2 Å². The van der Waals surface area contributed by atoms with Crippen molar-refractivity contribution in [2.24, 2.45) is 0 Å². The fourth-order valence-corrected chi connectivity index (χ4v) is 1.84. The van der Waals surface area contributed by atoms with Gasteiger partial charge in [-0.25, -0.2) is 4.79 Å². The molecule has 1 aromatic carbocycles. The SMILES string of the molecule is CC(O)CCN(C)CC(=O)Nc1cc(C(=O)O)ccc1Cl. The predicted octanol–water partition coefficient (Wildman–Crippen LogP) is 1.68. The predicted molar refractivity (Wildman–Crippen MR) is 80.8 cm³/mol. The number of likely N-dealkylation sites (N-methyl/N-ethyl adjacent to an activating group) is 1. The van der Waals surface area contributed by atoms with Crippen molar-refractivity contribution in [3.63, 3.8) is 0 Å². The van der Waals surface area contributed by atoms with Gasteiger partial charge in [-0.2, -0.15) is 0 Å². The summed E-state index contributed by atoms with van der Waals surface area (Å²) in [5, 5.41) is 21.0. The molecule has 116 valence electrons. The van der Waals surface area contributed by atoms with E-state index in [-0.39, 0.29) is 28.7 Å². The van der Waals surface area contributed by atoms with Gasteiger partial charge in [0.15, 0.2) is 0 Å². The van der Waals surface area contributed by atoms with Crippen molar-refractivity contribution in [3.05, 3.63) is 28.8 Å². The lowest BCUT2D eigenvalue weighted by Gasteiger charge is -2.17. The number of aliphatic hydroxyl groups excluding tert-OH is 1. The van der Waals surface area contributed by atoms with Crippen molar-refractivity contribution in [1.82, 2.24) is 4.90 Å². The van der Waals surface area contributed by atoms with Gasteiger partial charge >= 0.3 is 5.97 Å². The summed E-state index contributed by atoms with van der Waals surface area (Å²) in [5.41, 5.74) is 0.322. The van der Waals surface area contributed by atoms with Crippen LogP contribution in [0.5, 0.6) is 0 Å². The quantitative estimate of drug-likeness (QED) is 0.712. The molecule has 1 atom stereocenters. The van der Waals surface area contributed by atoms with Crippen LogP contribution < -0.4 is 5.32 Å². The lowest BCUT2D eigenvalue weighted by molar-refractivity contribution is -0.117. The number of hydrogen-bond donors (Lipinski definition) is 3. The van der Waals surface area contributed by atoms with Crippen molar-refractivity contribution in [1.29, 1.82) is 0 Å². The van der Waals surface area contributed by atoms with Gasteiger partial charge in [0.25, 0.3) is 0 Å². The van der Waals surface area contributed by atoms with Gasteiger partial charge in [0.2, 0.25) is 5.91 Å². The highest BCUT2D eigenvalue weighted by Crippen LogP contribution is 2.23. The molecule has 0 spiro atoms. The van der Waals surface area contributed by atoms with Gasteiger partial charge < -0.3 is 15.5 Å². The molecule has 1 rings (SSSR count). The fraction of sp³-hybridized carbons (Fsp3) is 0.429. The summed E-state index contributed by atoms with van der Waals surface area (Å²) >= 11 is 5.93. The minimum Gasteiger partial charge on any atom is -0.478 e. The van der Waals surface area contributed by atoms with Gasteiger partial charge in [-0.15, -0.1) is 0 Å². The van der Waals surface area contributed by atoms with Gasteiger partial charge in [0, 0.05) is 6.54 Å². The van der Waals surface area contributed by atoms with E-state index >= 15 is 0 Å². The van der Waals surface area contributed by atoms with Crippen molar-refractivity contribution in [2.45, 2.75) is 19.4 Å². The smallest absolute Gasteiger partial charge is 0.335 e. The highest BCUT2D eigenvalue weighted by atomic mass is 35.5. The van der Waals surface area contributed by atoms with Crippen LogP contribution in [0, 0.1) is 0 Å². The zero-order chi connectivity index (χ0) is 16.0. The Morgan fingerprint density at radius 1 is 1.43 bits per heavy atom. The van der Waals surface area contributed by atoms with E-state index in [2.05, 4.69) is 5.32 Å². The van der Waals surface area contributed by atoms with E-state index in [1.54, 1.807) is 18.9 Å². The molecule has 0 saturated carbocycles. The number of amides is 1. The molecule has 0 saturated heterocycles. The molecule has 6 nitrogen and oxygen atoms in total. The number of aliphatic hydroxyl groups is 1. The lowest BCUT2D eigenvalue weighted by Crippen LogP contribution is -2.32. The number of anilines is 1. The first-order valence-electron chi connectivity index (χ1n) is 6.49. The Kier molecular flexibility index (Phi) is 6.61. The van der Waals surface area contributed by atoms with Gasteiger partial charge in [-0.05, 0) is 38.6 Å². The van der Waals surface area contributed by atoms with Crippen molar-refractivity contribution in [3.8, 4) is 0 Å². The maximum atomic E-state index is 11.9. The van der Waals surface area contributed by atoms with Gasteiger partial charge in [0.05, 0.1) is 28.9 Å². The molecule has 0 heterocycles. The molecular weight excluding hydrogens is 296 g/mol. The maximum Gasteiger partial charge on any atom is 0.335 e. The minimum atomic E-state index is -1.09. The second-order valence-electron chi connectivity index (χ2n) is 4.92. The Hall–Kier alpha value is -1.63. The molecule has 7 heteroatoms. The van der Waals surface area contributed by atoms with Crippen molar-refractivity contribution < 1.29 is 19.8 Å². The first-order chi connectivity index (χ1) is 9.79. The van der Waals surface area contributed by atoms with E-state index in [9.17, 15) is 14.7 Å². The summed E-state index contributed by atoms with van der Waals surface area (Å²) < 4.78 is 0. The topological polar surface area (TPSA) is 89.9 Å². The van der Waals surface area contributed by atoms with Crippen LogP contribution >= 0.6 is 11.6 Å². The third kappa shape index (κ3) is 6.12. The number of halogens is 1. The molecule has 0 aliphatic rings. The van der Waals surface area contributed by atoms with Gasteiger partial charge in [-0.1, -0.05) is 11.6 Å². The van der Waals surface area contributed by atoms with E-state index in [0.717, 1.165) is 0 Å². The van der Waals surface area contributed by atoms with Crippen LogP contribution in [0.25, 0.3) is 0 Å². The third-order valence-corrected chi connectivity index (χ3v) is 3.16. The van der Waals surface area contributed by atoms with Crippen LogP contribution in [-0.4, -0.2) is 53.2 Å². The van der Waals surface area contributed by atoms with E-state index in [0.29, 0.717) is 13.0 Å². The van der Waals surface area contributed by atoms with E-state index in [1.165, 1.54) is 18.2 Å². The largest absolute Gasteiger partial charge is 0.478 e. The van der Waals surface area contributed by atoms with Gasteiger partial charge in [-0.3, -0.25) is 9.69 Å². The molecule has 0 aromatic heterocycles. The second-order valence-corrected chi connectivity index (χ2v) is 5.33. The molecule has 0 aliphatic heterocycles. The molecular formula is C14H19ClN2O4. The summed E-state index contributed by atoms with van der Waals surface area (Å²) in [6.07, 6.45) is 0.149. The molecule has 0 radical (unpaired) electrons. The van der Waals surface area contributed by atoms with E-state index in [4.69, 9.17) is 16.7 Å². The van der Waals surface area contributed by atoms with E-state index in [1.807, 2.05) is 0 Å². The van der Waals surface area contributed by atoms with Crippen molar-refractivity contribution >= 4 is 29.2 Å². The minimum absolute atomic E-state index is 0.0529.